The molecule has 94 valence electrons. The molecular formula is C11H18N4O2. The Bertz CT molecular complexity index is 412. The second kappa shape index (κ2) is 4.65. The lowest BCUT2D eigenvalue weighted by atomic mass is 10.1. The molecule has 0 aromatic carbocycles. The van der Waals surface area contributed by atoms with Crippen molar-refractivity contribution in [2.45, 2.75) is 26.8 Å². The summed E-state index contributed by atoms with van der Waals surface area (Å²) in [6.45, 7) is 6.57. The van der Waals surface area contributed by atoms with Crippen LogP contribution in [0.25, 0.3) is 0 Å². The minimum absolute atomic E-state index is 0.0567. The van der Waals surface area contributed by atoms with Crippen LogP contribution in [0.5, 0.6) is 0 Å². The van der Waals surface area contributed by atoms with Crippen molar-refractivity contribution < 1.29 is 9.32 Å². The van der Waals surface area contributed by atoms with Gasteiger partial charge in [0.15, 0.2) is 0 Å². The van der Waals surface area contributed by atoms with Gasteiger partial charge in [-0.1, -0.05) is 5.16 Å². The molecule has 6 heteroatoms. The zero-order valence-corrected chi connectivity index (χ0v) is 10.3. The molecule has 2 N–H and O–H groups in total. The quantitative estimate of drug-likeness (QED) is 0.836. The molecule has 1 aromatic rings. The molecule has 2 rings (SSSR count). The summed E-state index contributed by atoms with van der Waals surface area (Å²) < 4.78 is 4.93. The summed E-state index contributed by atoms with van der Waals surface area (Å²) in [5, 5.41) is 3.88. The Morgan fingerprint density at radius 2 is 2.24 bits per heavy atom. The van der Waals surface area contributed by atoms with Crippen molar-refractivity contribution in [3.63, 3.8) is 0 Å². The lowest BCUT2D eigenvalue weighted by Crippen LogP contribution is -2.45. The van der Waals surface area contributed by atoms with Crippen molar-refractivity contribution in [3.8, 4) is 0 Å². The number of urea groups is 1. The highest BCUT2D eigenvalue weighted by molar-refractivity contribution is 5.75. The molecule has 0 aliphatic carbocycles. The second-order valence-corrected chi connectivity index (χ2v) is 4.10. The Morgan fingerprint density at radius 1 is 1.53 bits per heavy atom. The SMILES string of the molecule is CCN(CC)C(=O)N1CCc2noc(N)c2C1. The predicted octanol–water partition coefficient (Wildman–Crippen LogP) is 1.08. The number of nitrogen functional groups attached to an aromatic ring is 1. The molecule has 0 atom stereocenters. The van der Waals surface area contributed by atoms with E-state index in [4.69, 9.17) is 10.3 Å². The van der Waals surface area contributed by atoms with Gasteiger partial charge in [0.05, 0.1) is 17.8 Å². The van der Waals surface area contributed by atoms with E-state index in [1.165, 1.54) is 0 Å². The summed E-state index contributed by atoms with van der Waals surface area (Å²) >= 11 is 0. The van der Waals surface area contributed by atoms with Crippen LogP contribution in [-0.2, 0) is 13.0 Å². The van der Waals surface area contributed by atoms with Crippen molar-refractivity contribution in [3.05, 3.63) is 11.3 Å². The van der Waals surface area contributed by atoms with Crippen LogP contribution in [0.1, 0.15) is 25.1 Å². The molecule has 17 heavy (non-hydrogen) atoms. The molecule has 1 aliphatic rings. The molecule has 0 fully saturated rings. The maximum Gasteiger partial charge on any atom is 0.320 e. The van der Waals surface area contributed by atoms with E-state index in [9.17, 15) is 4.79 Å². The number of carbonyl (C=O) groups is 1. The molecule has 2 heterocycles. The summed E-state index contributed by atoms with van der Waals surface area (Å²) in [7, 11) is 0. The molecule has 2 amide bonds. The normalized spacial score (nSPS) is 14.6. The van der Waals surface area contributed by atoms with E-state index in [0.29, 0.717) is 25.4 Å². The van der Waals surface area contributed by atoms with Crippen LogP contribution in [0.3, 0.4) is 0 Å². The number of anilines is 1. The average molecular weight is 238 g/mol. The van der Waals surface area contributed by atoms with E-state index in [2.05, 4.69) is 5.16 Å². The monoisotopic (exact) mass is 238 g/mol. The molecule has 0 spiro atoms. The van der Waals surface area contributed by atoms with Crippen LogP contribution < -0.4 is 5.73 Å². The van der Waals surface area contributed by atoms with Crippen LogP contribution >= 0.6 is 0 Å². The van der Waals surface area contributed by atoms with E-state index >= 15 is 0 Å². The van der Waals surface area contributed by atoms with Gasteiger partial charge in [0.2, 0.25) is 5.88 Å². The predicted molar refractivity (Wildman–Crippen MR) is 63.3 cm³/mol. The Hall–Kier alpha value is -1.72. The molecule has 0 saturated carbocycles. The lowest BCUT2D eigenvalue weighted by Gasteiger charge is -2.31. The van der Waals surface area contributed by atoms with Crippen LogP contribution in [0, 0.1) is 0 Å². The summed E-state index contributed by atoms with van der Waals surface area (Å²) in [6.07, 6.45) is 0.711. The van der Waals surface area contributed by atoms with E-state index in [1.807, 2.05) is 13.8 Å². The van der Waals surface area contributed by atoms with Gasteiger partial charge >= 0.3 is 6.03 Å². The Balaban J connectivity index is 2.11. The molecule has 0 bridgehead atoms. The first-order valence-electron chi connectivity index (χ1n) is 5.94. The molecule has 0 unspecified atom stereocenters. The Morgan fingerprint density at radius 3 is 2.88 bits per heavy atom. The maximum atomic E-state index is 12.2. The smallest absolute Gasteiger partial charge is 0.320 e. The number of hydrogen-bond donors (Lipinski definition) is 1. The molecule has 6 nitrogen and oxygen atoms in total. The highest BCUT2D eigenvalue weighted by Crippen LogP contribution is 2.24. The van der Waals surface area contributed by atoms with Crippen molar-refractivity contribution >= 4 is 11.9 Å². The fourth-order valence-electron chi connectivity index (χ4n) is 2.09. The van der Waals surface area contributed by atoms with Gasteiger partial charge in [-0.05, 0) is 13.8 Å². The molecule has 0 saturated heterocycles. The van der Waals surface area contributed by atoms with Gasteiger partial charge in [-0.15, -0.1) is 0 Å². The highest BCUT2D eigenvalue weighted by Gasteiger charge is 2.27. The zero-order valence-electron chi connectivity index (χ0n) is 10.3. The number of rotatable bonds is 2. The van der Waals surface area contributed by atoms with Gasteiger partial charge < -0.3 is 20.1 Å². The highest BCUT2D eigenvalue weighted by atomic mass is 16.5. The minimum Gasteiger partial charge on any atom is -0.367 e. The number of fused-ring (bicyclic) bond motifs is 1. The minimum atomic E-state index is 0.0567. The number of amides is 2. The van der Waals surface area contributed by atoms with Crippen LogP contribution in [-0.4, -0.2) is 40.6 Å². The third-order valence-corrected chi connectivity index (χ3v) is 3.17. The Kier molecular flexibility index (Phi) is 3.21. The van der Waals surface area contributed by atoms with Gasteiger partial charge in [0, 0.05) is 26.1 Å². The number of hydrogen-bond acceptors (Lipinski definition) is 4. The summed E-state index contributed by atoms with van der Waals surface area (Å²) in [5.74, 6) is 0.331. The number of carbonyl (C=O) groups excluding carboxylic acids is 1. The third kappa shape index (κ3) is 2.07. The van der Waals surface area contributed by atoms with Crippen LogP contribution in [0.15, 0.2) is 4.52 Å². The number of aromatic nitrogens is 1. The van der Waals surface area contributed by atoms with Gasteiger partial charge in [-0.25, -0.2) is 4.79 Å². The van der Waals surface area contributed by atoms with E-state index < -0.39 is 0 Å². The van der Waals surface area contributed by atoms with E-state index in [0.717, 1.165) is 24.3 Å². The summed E-state index contributed by atoms with van der Waals surface area (Å²) in [5.41, 5.74) is 7.42. The fourth-order valence-corrected chi connectivity index (χ4v) is 2.09. The standard InChI is InChI=1S/C11H18N4O2/c1-3-14(4-2)11(16)15-6-5-9-8(7-15)10(12)17-13-9/h3-7,12H2,1-2H3. The van der Waals surface area contributed by atoms with Crippen molar-refractivity contribution in [2.24, 2.45) is 0 Å². The molecule has 1 aromatic heterocycles. The lowest BCUT2D eigenvalue weighted by molar-refractivity contribution is 0.152. The third-order valence-electron chi connectivity index (χ3n) is 3.17. The first-order chi connectivity index (χ1) is 8.17. The fraction of sp³-hybridized carbons (Fsp3) is 0.636. The van der Waals surface area contributed by atoms with Gasteiger partial charge in [0.1, 0.15) is 0 Å². The summed E-state index contributed by atoms with van der Waals surface area (Å²) in [6, 6.07) is 0.0567. The van der Waals surface area contributed by atoms with Crippen LogP contribution in [0.2, 0.25) is 0 Å². The van der Waals surface area contributed by atoms with Crippen molar-refractivity contribution in [2.75, 3.05) is 25.4 Å². The first-order valence-corrected chi connectivity index (χ1v) is 5.94. The Labute approximate surface area is 100 Å². The second-order valence-electron chi connectivity index (χ2n) is 4.10. The van der Waals surface area contributed by atoms with Crippen LogP contribution in [0.4, 0.5) is 10.7 Å². The van der Waals surface area contributed by atoms with Crippen molar-refractivity contribution in [1.82, 2.24) is 15.0 Å². The first kappa shape index (κ1) is 11.8. The molecule has 1 aliphatic heterocycles. The van der Waals surface area contributed by atoms with E-state index in [1.54, 1.807) is 9.80 Å². The van der Waals surface area contributed by atoms with Crippen molar-refractivity contribution in [1.29, 1.82) is 0 Å². The van der Waals surface area contributed by atoms with Gasteiger partial charge in [0.25, 0.3) is 0 Å². The number of nitrogens with two attached hydrogens (primary N) is 1. The average Bonchev–Trinajstić information content (AvgIpc) is 2.72. The van der Waals surface area contributed by atoms with E-state index in [-0.39, 0.29) is 6.03 Å². The summed E-state index contributed by atoms with van der Waals surface area (Å²) in [4.78, 5) is 15.8. The largest absolute Gasteiger partial charge is 0.367 e. The molecular weight excluding hydrogens is 220 g/mol. The van der Waals surface area contributed by atoms with Gasteiger partial charge in [-0.3, -0.25) is 0 Å². The maximum absolute atomic E-state index is 12.2. The van der Waals surface area contributed by atoms with Gasteiger partial charge in [-0.2, -0.15) is 0 Å². The zero-order chi connectivity index (χ0) is 12.4. The molecule has 0 radical (unpaired) electrons. The number of nitrogens with zero attached hydrogens (tertiary/aromatic N) is 3. The topological polar surface area (TPSA) is 75.6 Å².